The van der Waals surface area contributed by atoms with E-state index in [0.717, 1.165) is 25.8 Å². The van der Waals surface area contributed by atoms with Crippen LogP contribution in [0.5, 0.6) is 0 Å². The summed E-state index contributed by atoms with van der Waals surface area (Å²) in [7, 11) is 0. The molecule has 0 radical (unpaired) electrons. The van der Waals surface area contributed by atoms with Crippen molar-refractivity contribution in [3.63, 3.8) is 0 Å². The summed E-state index contributed by atoms with van der Waals surface area (Å²) in [6, 6.07) is 0. The molecule has 0 heterocycles. The van der Waals surface area contributed by atoms with E-state index in [0.29, 0.717) is 6.61 Å². The van der Waals surface area contributed by atoms with Gasteiger partial charge in [-0.1, -0.05) is 0 Å². The molecule has 62 valence electrons. The van der Waals surface area contributed by atoms with Crippen LogP contribution >= 0.6 is 0 Å². The van der Waals surface area contributed by atoms with Crippen molar-refractivity contribution in [1.29, 1.82) is 0 Å². The van der Waals surface area contributed by atoms with Gasteiger partial charge in [-0.25, -0.2) is 0 Å². The van der Waals surface area contributed by atoms with Gasteiger partial charge in [0.2, 0.25) is 0 Å². The van der Waals surface area contributed by atoms with E-state index in [1.54, 1.807) is 6.92 Å². The molecule has 0 fully saturated rings. The lowest BCUT2D eigenvalue weighted by Crippen LogP contribution is -2.07. The molecule has 1 unspecified atom stereocenters. The van der Waals surface area contributed by atoms with Crippen molar-refractivity contribution in [2.45, 2.75) is 32.5 Å². The van der Waals surface area contributed by atoms with Gasteiger partial charge >= 0.3 is 0 Å². The zero-order chi connectivity index (χ0) is 7.82. The molecule has 3 N–H and O–H groups in total. The SMILES string of the molecule is CC(O)OCCCCCN. The fraction of sp³-hybridized carbons (Fsp3) is 1.00. The minimum Gasteiger partial charge on any atom is -0.368 e. The lowest BCUT2D eigenvalue weighted by atomic mass is 10.2. The molecule has 0 saturated carbocycles. The molecule has 0 rings (SSSR count). The van der Waals surface area contributed by atoms with E-state index in [-0.39, 0.29) is 0 Å². The third-order valence-corrected chi connectivity index (χ3v) is 1.21. The van der Waals surface area contributed by atoms with E-state index in [1.165, 1.54) is 0 Å². The van der Waals surface area contributed by atoms with Crippen LogP contribution in [-0.4, -0.2) is 24.5 Å². The molecular formula is C7H17NO2. The summed E-state index contributed by atoms with van der Waals surface area (Å²) in [4.78, 5) is 0. The second kappa shape index (κ2) is 6.99. The number of aliphatic hydroxyl groups excluding tert-OH is 1. The van der Waals surface area contributed by atoms with Crippen LogP contribution in [0.1, 0.15) is 26.2 Å². The monoisotopic (exact) mass is 147 g/mol. The Balaban J connectivity index is 2.77. The molecule has 0 aromatic heterocycles. The highest BCUT2D eigenvalue weighted by Crippen LogP contribution is 1.95. The van der Waals surface area contributed by atoms with Crippen molar-refractivity contribution in [2.75, 3.05) is 13.2 Å². The van der Waals surface area contributed by atoms with E-state index in [1.807, 2.05) is 0 Å². The summed E-state index contributed by atoms with van der Waals surface area (Å²) >= 11 is 0. The van der Waals surface area contributed by atoms with E-state index in [2.05, 4.69) is 0 Å². The molecule has 10 heavy (non-hydrogen) atoms. The molecule has 0 aliphatic heterocycles. The van der Waals surface area contributed by atoms with Crippen LogP contribution in [0, 0.1) is 0 Å². The standard InChI is InChI=1S/C7H17NO2/c1-7(9)10-6-4-2-3-5-8/h7,9H,2-6,8H2,1H3. The zero-order valence-corrected chi connectivity index (χ0v) is 6.55. The predicted octanol–water partition coefficient (Wildman–Crippen LogP) is 0.470. The first-order valence-electron chi connectivity index (χ1n) is 3.77. The van der Waals surface area contributed by atoms with Crippen LogP contribution in [-0.2, 0) is 4.74 Å². The van der Waals surface area contributed by atoms with Crippen LogP contribution in [0.3, 0.4) is 0 Å². The van der Waals surface area contributed by atoms with E-state index < -0.39 is 6.29 Å². The summed E-state index contributed by atoms with van der Waals surface area (Å²) in [5, 5.41) is 8.66. The number of aliphatic hydroxyl groups is 1. The Kier molecular flexibility index (Phi) is 6.91. The average molecular weight is 147 g/mol. The zero-order valence-electron chi connectivity index (χ0n) is 6.55. The molecular weight excluding hydrogens is 130 g/mol. The van der Waals surface area contributed by atoms with Crippen molar-refractivity contribution in [3.8, 4) is 0 Å². The maximum atomic E-state index is 8.66. The number of hydrogen-bond donors (Lipinski definition) is 2. The highest BCUT2D eigenvalue weighted by molar-refractivity contribution is 4.41. The Morgan fingerprint density at radius 1 is 1.40 bits per heavy atom. The minimum absolute atomic E-state index is 0.627. The predicted molar refractivity (Wildman–Crippen MR) is 40.5 cm³/mol. The average Bonchev–Trinajstić information content (AvgIpc) is 1.87. The molecule has 0 bridgehead atoms. The number of unbranched alkanes of at least 4 members (excludes halogenated alkanes) is 2. The van der Waals surface area contributed by atoms with Crippen molar-refractivity contribution in [3.05, 3.63) is 0 Å². The van der Waals surface area contributed by atoms with Crippen molar-refractivity contribution < 1.29 is 9.84 Å². The summed E-state index contributed by atoms with van der Waals surface area (Å²) < 4.78 is 4.90. The van der Waals surface area contributed by atoms with Gasteiger partial charge in [-0.05, 0) is 32.7 Å². The first kappa shape index (κ1) is 9.88. The Bertz CT molecular complexity index is 66.6. The molecule has 0 aromatic rings. The quantitative estimate of drug-likeness (QED) is 0.424. The molecule has 3 heteroatoms. The Labute approximate surface area is 62.2 Å². The van der Waals surface area contributed by atoms with E-state index >= 15 is 0 Å². The molecule has 0 aliphatic rings. The Morgan fingerprint density at radius 2 is 2.10 bits per heavy atom. The maximum absolute atomic E-state index is 8.66. The fourth-order valence-corrected chi connectivity index (χ4v) is 0.677. The second-order valence-corrected chi connectivity index (χ2v) is 2.32. The lowest BCUT2D eigenvalue weighted by Gasteiger charge is -2.04. The third-order valence-electron chi connectivity index (χ3n) is 1.21. The van der Waals surface area contributed by atoms with Gasteiger partial charge in [-0.15, -0.1) is 0 Å². The van der Waals surface area contributed by atoms with Gasteiger partial charge in [0, 0.05) is 6.61 Å². The van der Waals surface area contributed by atoms with Gasteiger partial charge in [-0.2, -0.15) is 0 Å². The Morgan fingerprint density at radius 3 is 2.60 bits per heavy atom. The van der Waals surface area contributed by atoms with Crippen LogP contribution < -0.4 is 5.73 Å². The third kappa shape index (κ3) is 7.88. The number of ether oxygens (including phenoxy) is 1. The number of nitrogens with two attached hydrogens (primary N) is 1. The highest BCUT2D eigenvalue weighted by atomic mass is 16.6. The summed E-state index contributed by atoms with van der Waals surface area (Å²) in [6.07, 6.45) is 2.49. The van der Waals surface area contributed by atoms with Crippen molar-refractivity contribution in [2.24, 2.45) is 5.73 Å². The van der Waals surface area contributed by atoms with Crippen molar-refractivity contribution in [1.82, 2.24) is 0 Å². The van der Waals surface area contributed by atoms with Gasteiger partial charge in [0.1, 0.15) is 0 Å². The molecule has 0 aromatic carbocycles. The number of rotatable bonds is 6. The molecule has 0 spiro atoms. The van der Waals surface area contributed by atoms with Crippen LogP contribution in [0.4, 0.5) is 0 Å². The summed E-state index contributed by atoms with van der Waals surface area (Å²) in [6.45, 7) is 3.00. The largest absolute Gasteiger partial charge is 0.368 e. The fourth-order valence-electron chi connectivity index (χ4n) is 0.677. The van der Waals surface area contributed by atoms with Crippen LogP contribution in [0.2, 0.25) is 0 Å². The van der Waals surface area contributed by atoms with Gasteiger partial charge in [-0.3, -0.25) is 0 Å². The van der Waals surface area contributed by atoms with Crippen LogP contribution in [0.25, 0.3) is 0 Å². The highest BCUT2D eigenvalue weighted by Gasteiger charge is 1.92. The van der Waals surface area contributed by atoms with Gasteiger partial charge in [0.05, 0.1) is 0 Å². The number of hydrogen-bond acceptors (Lipinski definition) is 3. The molecule has 3 nitrogen and oxygen atoms in total. The smallest absolute Gasteiger partial charge is 0.151 e. The van der Waals surface area contributed by atoms with Crippen LogP contribution in [0.15, 0.2) is 0 Å². The first-order valence-corrected chi connectivity index (χ1v) is 3.77. The van der Waals surface area contributed by atoms with Gasteiger partial charge in [0.15, 0.2) is 6.29 Å². The normalized spacial score (nSPS) is 13.5. The maximum Gasteiger partial charge on any atom is 0.151 e. The van der Waals surface area contributed by atoms with Gasteiger partial charge in [0.25, 0.3) is 0 Å². The Hall–Kier alpha value is -0.120. The topological polar surface area (TPSA) is 55.5 Å². The summed E-state index contributed by atoms with van der Waals surface area (Å²) in [5.41, 5.74) is 5.28. The molecule has 0 amide bonds. The molecule has 0 aliphatic carbocycles. The first-order chi connectivity index (χ1) is 4.77. The molecule has 1 atom stereocenters. The molecule has 0 saturated heterocycles. The van der Waals surface area contributed by atoms with E-state index in [9.17, 15) is 0 Å². The minimum atomic E-state index is -0.627. The van der Waals surface area contributed by atoms with Crippen molar-refractivity contribution >= 4 is 0 Å². The summed E-state index contributed by atoms with van der Waals surface area (Å²) in [5.74, 6) is 0. The lowest BCUT2D eigenvalue weighted by molar-refractivity contribution is -0.0858. The van der Waals surface area contributed by atoms with Gasteiger partial charge < -0.3 is 15.6 Å². The second-order valence-electron chi connectivity index (χ2n) is 2.32. The van der Waals surface area contributed by atoms with E-state index in [4.69, 9.17) is 15.6 Å².